The van der Waals surface area contributed by atoms with Gasteiger partial charge < -0.3 is 16.2 Å². The van der Waals surface area contributed by atoms with E-state index in [1.807, 2.05) is 0 Å². The Morgan fingerprint density at radius 1 is 1.41 bits per heavy atom. The van der Waals surface area contributed by atoms with Crippen molar-refractivity contribution in [2.45, 2.75) is 37.6 Å². The molecule has 0 aromatic carbocycles. The van der Waals surface area contributed by atoms with Crippen LogP contribution in [0.1, 0.15) is 32.1 Å². The van der Waals surface area contributed by atoms with E-state index in [1.54, 1.807) is 6.20 Å². The lowest BCUT2D eigenvalue weighted by Gasteiger charge is -2.37. The number of hydrogen-bond acceptors (Lipinski definition) is 5. The Morgan fingerprint density at radius 3 is 2.76 bits per heavy atom. The van der Waals surface area contributed by atoms with Crippen LogP contribution in [0.5, 0.6) is 0 Å². The number of rotatable bonds is 3. The van der Waals surface area contributed by atoms with Gasteiger partial charge in [-0.05, 0) is 28.8 Å². The fourth-order valence-electron chi connectivity index (χ4n) is 2.27. The number of nitrogens with zero attached hydrogens (tertiary/aromatic N) is 2. The summed E-state index contributed by atoms with van der Waals surface area (Å²) in [4.78, 5) is 8.06. The quantitative estimate of drug-likeness (QED) is 0.794. The lowest BCUT2D eigenvalue weighted by molar-refractivity contribution is 0.172. The number of nitrogens with one attached hydrogen (secondary N) is 1. The molecule has 0 bridgehead atoms. The van der Waals surface area contributed by atoms with Crippen molar-refractivity contribution in [3.8, 4) is 0 Å². The highest BCUT2D eigenvalue weighted by molar-refractivity contribution is 9.10. The molecule has 0 unspecified atom stereocenters. The standard InChI is InChI=1S/C11H17BrN4O/c12-8-6-14-10(13)15-9(8)16-11(7-17)4-2-1-3-5-11/h6,17H,1-5,7H2,(H3,13,14,15,16). The van der Waals surface area contributed by atoms with Crippen LogP contribution >= 0.6 is 15.9 Å². The molecule has 17 heavy (non-hydrogen) atoms. The van der Waals surface area contributed by atoms with E-state index < -0.39 is 0 Å². The third-order valence-corrected chi connectivity index (χ3v) is 3.84. The van der Waals surface area contributed by atoms with Crippen molar-refractivity contribution in [2.75, 3.05) is 17.7 Å². The summed E-state index contributed by atoms with van der Waals surface area (Å²) in [6.07, 6.45) is 7.03. The van der Waals surface area contributed by atoms with Crippen LogP contribution in [0, 0.1) is 0 Å². The molecule has 94 valence electrons. The Balaban J connectivity index is 2.20. The maximum Gasteiger partial charge on any atom is 0.221 e. The van der Waals surface area contributed by atoms with Crippen molar-refractivity contribution in [2.24, 2.45) is 0 Å². The first-order chi connectivity index (χ1) is 8.15. The van der Waals surface area contributed by atoms with Gasteiger partial charge in [0.15, 0.2) is 0 Å². The zero-order valence-corrected chi connectivity index (χ0v) is 11.2. The molecule has 1 aromatic rings. The molecule has 2 rings (SSSR count). The number of nitrogens with two attached hydrogens (primary N) is 1. The van der Waals surface area contributed by atoms with Gasteiger partial charge in [-0.2, -0.15) is 4.98 Å². The zero-order valence-electron chi connectivity index (χ0n) is 9.62. The highest BCUT2D eigenvalue weighted by Crippen LogP contribution is 2.32. The molecule has 1 fully saturated rings. The molecule has 1 aliphatic rings. The number of anilines is 2. The number of aliphatic hydroxyl groups excluding tert-OH is 1. The molecule has 6 heteroatoms. The van der Waals surface area contributed by atoms with Gasteiger partial charge in [0, 0.05) is 6.20 Å². The SMILES string of the molecule is Nc1ncc(Br)c(NC2(CO)CCCCC2)n1. The van der Waals surface area contributed by atoms with Gasteiger partial charge in [0.05, 0.1) is 16.6 Å². The van der Waals surface area contributed by atoms with Crippen molar-refractivity contribution >= 4 is 27.7 Å². The van der Waals surface area contributed by atoms with Crippen molar-refractivity contribution in [3.05, 3.63) is 10.7 Å². The highest BCUT2D eigenvalue weighted by Gasteiger charge is 2.32. The van der Waals surface area contributed by atoms with Crippen LogP contribution in [0.3, 0.4) is 0 Å². The predicted octanol–water partition coefficient (Wildman–Crippen LogP) is 1.93. The first-order valence-electron chi connectivity index (χ1n) is 5.82. The molecule has 0 radical (unpaired) electrons. The molecule has 0 aliphatic heterocycles. The molecular formula is C11H17BrN4O. The van der Waals surface area contributed by atoms with Crippen LogP contribution in [-0.2, 0) is 0 Å². The third-order valence-electron chi connectivity index (χ3n) is 3.26. The second kappa shape index (κ2) is 5.18. The van der Waals surface area contributed by atoms with Crippen LogP contribution in [0.4, 0.5) is 11.8 Å². The van der Waals surface area contributed by atoms with Crippen LogP contribution < -0.4 is 11.1 Å². The van der Waals surface area contributed by atoms with E-state index in [2.05, 4.69) is 31.2 Å². The lowest BCUT2D eigenvalue weighted by Crippen LogP contribution is -2.44. The number of nitrogen functional groups attached to an aromatic ring is 1. The molecule has 1 aliphatic carbocycles. The minimum absolute atomic E-state index is 0.114. The van der Waals surface area contributed by atoms with E-state index in [1.165, 1.54) is 6.42 Å². The largest absolute Gasteiger partial charge is 0.394 e. The van der Waals surface area contributed by atoms with Crippen molar-refractivity contribution < 1.29 is 5.11 Å². The van der Waals surface area contributed by atoms with E-state index in [9.17, 15) is 5.11 Å². The summed E-state index contributed by atoms with van der Waals surface area (Å²) in [5.41, 5.74) is 5.31. The molecule has 5 nitrogen and oxygen atoms in total. The van der Waals surface area contributed by atoms with Gasteiger partial charge in [0.2, 0.25) is 5.95 Å². The summed E-state index contributed by atoms with van der Waals surface area (Å²) >= 11 is 3.39. The number of halogens is 1. The predicted molar refractivity (Wildman–Crippen MR) is 70.7 cm³/mol. The molecular weight excluding hydrogens is 284 g/mol. The lowest BCUT2D eigenvalue weighted by atomic mass is 9.82. The minimum atomic E-state index is -0.262. The number of aromatic nitrogens is 2. The van der Waals surface area contributed by atoms with E-state index in [0.29, 0.717) is 5.82 Å². The molecule has 1 aromatic heterocycles. The summed E-state index contributed by atoms with van der Waals surface area (Å²) in [5, 5.41) is 12.9. The smallest absolute Gasteiger partial charge is 0.221 e. The molecule has 1 heterocycles. The van der Waals surface area contributed by atoms with Crippen molar-refractivity contribution in [3.63, 3.8) is 0 Å². The van der Waals surface area contributed by atoms with Gasteiger partial charge in [-0.3, -0.25) is 0 Å². The van der Waals surface area contributed by atoms with Crippen molar-refractivity contribution in [1.29, 1.82) is 0 Å². The number of aliphatic hydroxyl groups is 1. The summed E-state index contributed by atoms with van der Waals surface area (Å²) in [6, 6.07) is 0. The third kappa shape index (κ3) is 2.87. The summed E-state index contributed by atoms with van der Waals surface area (Å²) in [7, 11) is 0. The fourth-order valence-corrected chi connectivity index (χ4v) is 2.56. The molecule has 0 atom stereocenters. The van der Waals surface area contributed by atoms with Gasteiger partial charge in [0.25, 0.3) is 0 Å². The van der Waals surface area contributed by atoms with E-state index in [-0.39, 0.29) is 18.1 Å². The molecule has 4 N–H and O–H groups in total. The average Bonchev–Trinajstić information content (AvgIpc) is 2.35. The monoisotopic (exact) mass is 300 g/mol. The molecule has 0 saturated heterocycles. The Bertz CT molecular complexity index is 393. The Labute approximate surface area is 109 Å². The van der Waals surface area contributed by atoms with E-state index >= 15 is 0 Å². The fraction of sp³-hybridized carbons (Fsp3) is 0.636. The van der Waals surface area contributed by atoms with Crippen molar-refractivity contribution in [1.82, 2.24) is 9.97 Å². The van der Waals surface area contributed by atoms with Gasteiger partial charge in [-0.25, -0.2) is 4.98 Å². The topological polar surface area (TPSA) is 84.1 Å². The highest BCUT2D eigenvalue weighted by atomic mass is 79.9. The van der Waals surface area contributed by atoms with Crippen LogP contribution in [0.25, 0.3) is 0 Å². The van der Waals surface area contributed by atoms with Crippen LogP contribution in [0.2, 0.25) is 0 Å². The average molecular weight is 301 g/mol. The van der Waals surface area contributed by atoms with E-state index in [0.717, 1.165) is 30.2 Å². The minimum Gasteiger partial charge on any atom is -0.394 e. The maximum absolute atomic E-state index is 9.61. The molecule has 0 amide bonds. The first kappa shape index (κ1) is 12.6. The maximum atomic E-state index is 9.61. The summed E-state index contributed by atoms with van der Waals surface area (Å²) in [5.74, 6) is 0.896. The van der Waals surface area contributed by atoms with Gasteiger partial charge in [-0.15, -0.1) is 0 Å². The Morgan fingerprint density at radius 2 is 2.12 bits per heavy atom. The second-order valence-corrected chi connectivity index (χ2v) is 5.40. The van der Waals surface area contributed by atoms with Gasteiger partial charge >= 0.3 is 0 Å². The second-order valence-electron chi connectivity index (χ2n) is 4.55. The summed E-state index contributed by atoms with van der Waals surface area (Å²) in [6.45, 7) is 0.114. The summed E-state index contributed by atoms with van der Waals surface area (Å²) < 4.78 is 0.769. The molecule has 0 spiro atoms. The Hall–Kier alpha value is -0.880. The zero-order chi connectivity index (χ0) is 12.3. The van der Waals surface area contributed by atoms with Gasteiger partial charge in [0.1, 0.15) is 5.82 Å². The van der Waals surface area contributed by atoms with Gasteiger partial charge in [-0.1, -0.05) is 19.3 Å². The first-order valence-corrected chi connectivity index (χ1v) is 6.62. The van der Waals surface area contributed by atoms with Crippen LogP contribution in [-0.4, -0.2) is 27.2 Å². The molecule has 1 saturated carbocycles. The normalized spacial score (nSPS) is 18.9. The van der Waals surface area contributed by atoms with E-state index in [4.69, 9.17) is 5.73 Å². The number of hydrogen-bond donors (Lipinski definition) is 3. The Kier molecular flexibility index (Phi) is 3.83. The van der Waals surface area contributed by atoms with Crippen LogP contribution in [0.15, 0.2) is 10.7 Å².